The maximum absolute atomic E-state index is 11.7. The Balaban J connectivity index is 2.17. The molecule has 0 aromatic rings. The normalized spacial score (nSPS) is 25.1. The highest BCUT2D eigenvalue weighted by Crippen LogP contribution is 2.21. The van der Waals surface area contributed by atoms with Crippen LogP contribution in [0.15, 0.2) is 0 Å². The molecule has 1 saturated heterocycles. The van der Waals surface area contributed by atoms with Crippen LogP contribution in [-0.2, 0) is 9.53 Å². The Labute approximate surface area is 110 Å². The third-order valence-corrected chi connectivity index (χ3v) is 3.68. The fourth-order valence-corrected chi connectivity index (χ4v) is 2.48. The zero-order chi connectivity index (χ0) is 13.4. The van der Waals surface area contributed by atoms with E-state index in [1.54, 1.807) is 7.11 Å². The van der Waals surface area contributed by atoms with Crippen molar-refractivity contribution in [1.29, 1.82) is 0 Å². The molecular weight excluding hydrogens is 230 g/mol. The second kappa shape index (κ2) is 8.45. The number of hydrogen-bond acceptors (Lipinski definition) is 4. The fourth-order valence-electron chi connectivity index (χ4n) is 2.48. The maximum Gasteiger partial charge on any atom is 0.234 e. The van der Waals surface area contributed by atoms with Crippen molar-refractivity contribution in [2.45, 2.75) is 19.8 Å². The molecular formula is C13H27N3O2. The third kappa shape index (κ3) is 5.33. The van der Waals surface area contributed by atoms with E-state index in [2.05, 4.69) is 17.1 Å². The van der Waals surface area contributed by atoms with E-state index in [0.29, 0.717) is 31.5 Å². The van der Waals surface area contributed by atoms with Crippen LogP contribution in [0.1, 0.15) is 19.8 Å². The van der Waals surface area contributed by atoms with Crippen LogP contribution in [0.3, 0.4) is 0 Å². The van der Waals surface area contributed by atoms with Crippen LogP contribution in [0.25, 0.3) is 0 Å². The zero-order valence-corrected chi connectivity index (χ0v) is 11.7. The number of carbonyl (C=O) groups is 1. The Morgan fingerprint density at radius 1 is 1.56 bits per heavy atom. The summed E-state index contributed by atoms with van der Waals surface area (Å²) in [6.45, 7) is 6.85. The number of ether oxygens (including phenoxy) is 1. The number of hydrogen-bond donors (Lipinski definition) is 2. The third-order valence-electron chi connectivity index (χ3n) is 3.68. The van der Waals surface area contributed by atoms with E-state index in [1.807, 2.05) is 0 Å². The quantitative estimate of drug-likeness (QED) is 0.633. The van der Waals surface area contributed by atoms with Crippen molar-refractivity contribution in [2.24, 2.45) is 17.6 Å². The lowest BCUT2D eigenvalue weighted by atomic mass is 9.87. The minimum absolute atomic E-state index is 0.115. The second-order valence-corrected chi connectivity index (χ2v) is 5.19. The van der Waals surface area contributed by atoms with Crippen molar-refractivity contribution in [3.8, 4) is 0 Å². The number of likely N-dealkylation sites (tertiary alicyclic amines) is 1. The Bertz CT molecular complexity index is 248. The molecule has 0 aromatic heterocycles. The first-order valence-electron chi connectivity index (χ1n) is 6.85. The lowest BCUT2D eigenvalue weighted by molar-refractivity contribution is -0.122. The summed E-state index contributed by atoms with van der Waals surface area (Å²) in [6, 6.07) is 0. The van der Waals surface area contributed by atoms with Crippen LogP contribution in [0, 0.1) is 11.8 Å². The van der Waals surface area contributed by atoms with E-state index in [4.69, 9.17) is 10.5 Å². The standard InChI is InChI=1S/C13H27N3O2/c1-11-9-16(6-4-12(11)8-14)10-13(17)15-5-3-7-18-2/h11-12H,3-10,14H2,1-2H3,(H,15,17). The average molecular weight is 257 g/mol. The van der Waals surface area contributed by atoms with E-state index >= 15 is 0 Å². The minimum atomic E-state index is 0.115. The summed E-state index contributed by atoms with van der Waals surface area (Å²) in [5, 5.41) is 2.92. The van der Waals surface area contributed by atoms with Crippen LogP contribution in [0.2, 0.25) is 0 Å². The molecule has 3 N–H and O–H groups in total. The van der Waals surface area contributed by atoms with Gasteiger partial charge in [0.15, 0.2) is 0 Å². The molecule has 1 heterocycles. The van der Waals surface area contributed by atoms with Gasteiger partial charge >= 0.3 is 0 Å². The van der Waals surface area contributed by atoms with Gasteiger partial charge in [0.1, 0.15) is 0 Å². The number of carbonyl (C=O) groups excluding carboxylic acids is 1. The highest BCUT2D eigenvalue weighted by molar-refractivity contribution is 5.77. The van der Waals surface area contributed by atoms with E-state index in [0.717, 1.165) is 32.5 Å². The Hall–Kier alpha value is -0.650. The Morgan fingerprint density at radius 2 is 2.33 bits per heavy atom. The first-order valence-corrected chi connectivity index (χ1v) is 6.85. The number of nitrogens with one attached hydrogen (secondary N) is 1. The van der Waals surface area contributed by atoms with Crippen molar-refractivity contribution in [1.82, 2.24) is 10.2 Å². The lowest BCUT2D eigenvalue weighted by Crippen LogP contribution is -2.46. The summed E-state index contributed by atoms with van der Waals surface area (Å²) in [7, 11) is 1.67. The summed E-state index contributed by atoms with van der Waals surface area (Å²) in [6.07, 6.45) is 1.97. The molecule has 1 aliphatic heterocycles. The molecule has 1 rings (SSSR count). The minimum Gasteiger partial charge on any atom is -0.385 e. The van der Waals surface area contributed by atoms with E-state index in [-0.39, 0.29) is 5.91 Å². The molecule has 0 aromatic carbocycles. The van der Waals surface area contributed by atoms with Gasteiger partial charge in [0, 0.05) is 26.8 Å². The number of piperidine rings is 1. The zero-order valence-electron chi connectivity index (χ0n) is 11.7. The van der Waals surface area contributed by atoms with Gasteiger partial charge in [-0.3, -0.25) is 9.69 Å². The number of amides is 1. The molecule has 2 unspecified atom stereocenters. The number of rotatable bonds is 7. The summed E-state index contributed by atoms with van der Waals surface area (Å²) in [4.78, 5) is 13.9. The molecule has 0 spiro atoms. The molecule has 5 nitrogen and oxygen atoms in total. The Morgan fingerprint density at radius 3 is 2.94 bits per heavy atom. The number of nitrogens with two attached hydrogens (primary N) is 1. The molecule has 0 radical (unpaired) electrons. The molecule has 18 heavy (non-hydrogen) atoms. The average Bonchev–Trinajstić information content (AvgIpc) is 2.35. The van der Waals surface area contributed by atoms with Crippen LogP contribution in [0.5, 0.6) is 0 Å². The molecule has 0 saturated carbocycles. The van der Waals surface area contributed by atoms with Gasteiger partial charge in [-0.15, -0.1) is 0 Å². The smallest absolute Gasteiger partial charge is 0.234 e. The van der Waals surface area contributed by atoms with Crippen LogP contribution in [-0.4, -0.2) is 57.2 Å². The SMILES string of the molecule is COCCCNC(=O)CN1CCC(CN)C(C)C1. The first-order chi connectivity index (χ1) is 8.67. The molecule has 0 bridgehead atoms. The molecule has 106 valence electrons. The highest BCUT2D eigenvalue weighted by Gasteiger charge is 2.25. The topological polar surface area (TPSA) is 67.6 Å². The fraction of sp³-hybridized carbons (Fsp3) is 0.923. The molecule has 0 aliphatic carbocycles. The van der Waals surface area contributed by atoms with Gasteiger partial charge in [-0.25, -0.2) is 0 Å². The van der Waals surface area contributed by atoms with Gasteiger partial charge in [0.05, 0.1) is 6.54 Å². The predicted octanol–water partition coefficient (Wildman–Crippen LogP) is 0.0558. The molecule has 2 atom stereocenters. The van der Waals surface area contributed by atoms with E-state index < -0.39 is 0 Å². The summed E-state index contributed by atoms with van der Waals surface area (Å²) >= 11 is 0. The van der Waals surface area contributed by atoms with Crippen LogP contribution in [0.4, 0.5) is 0 Å². The maximum atomic E-state index is 11.7. The Kier molecular flexibility index (Phi) is 7.23. The van der Waals surface area contributed by atoms with Gasteiger partial charge in [0.25, 0.3) is 0 Å². The number of methoxy groups -OCH3 is 1. The van der Waals surface area contributed by atoms with Gasteiger partial charge in [-0.1, -0.05) is 6.92 Å². The van der Waals surface area contributed by atoms with Crippen molar-refractivity contribution >= 4 is 5.91 Å². The number of nitrogens with zero attached hydrogens (tertiary/aromatic N) is 1. The summed E-state index contributed by atoms with van der Waals surface area (Å²) < 4.78 is 4.94. The van der Waals surface area contributed by atoms with Crippen molar-refractivity contribution < 1.29 is 9.53 Å². The summed E-state index contributed by atoms with van der Waals surface area (Å²) in [5.41, 5.74) is 5.72. The highest BCUT2D eigenvalue weighted by atomic mass is 16.5. The monoisotopic (exact) mass is 257 g/mol. The van der Waals surface area contributed by atoms with Crippen molar-refractivity contribution in [3.05, 3.63) is 0 Å². The summed E-state index contributed by atoms with van der Waals surface area (Å²) in [5.74, 6) is 1.32. The first kappa shape index (κ1) is 15.4. The second-order valence-electron chi connectivity index (χ2n) is 5.19. The lowest BCUT2D eigenvalue weighted by Gasteiger charge is -2.35. The molecule has 5 heteroatoms. The van der Waals surface area contributed by atoms with Crippen molar-refractivity contribution in [2.75, 3.05) is 46.4 Å². The molecule has 1 aliphatic rings. The van der Waals surface area contributed by atoms with Gasteiger partial charge in [-0.2, -0.15) is 0 Å². The van der Waals surface area contributed by atoms with Gasteiger partial charge in [-0.05, 0) is 37.8 Å². The molecule has 1 amide bonds. The van der Waals surface area contributed by atoms with E-state index in [9.17, 15) is 4.79 Å². The van der Waals surface area contributed by atoms with Crippen LogP contribution >= 0.6 is 0 Å². The van der Waals surface area contributed by atoms with Crippen molar-refractivity contribution in [3.63, 3.8) is 0 Å². The van der Waals surface area contributed by atoms with E-state index in [1.165, 1.54) is 0 Å². The molecule has 1 fully saturated rings. The van der Waals surface area contributed by atoms with Gasteiger partial charge < -0.3 is 15.8 Å². The largest absolute Gasteiger partial charge is 0.385 e. The predicted molar refractivity (Wildman–Crippen MR) is 72.3 cm³/mol. The van der Waals surface area contributed by atoms with Crippen LogP contribution < -0.4 is 11.1 Å². The van der Waals surface area contributed by atoms with Gasteiger partial charge in [0.2, 0.25) is 5.91 Å².